The number of rotatable bonds is 2. The minimum Gasteiger partial charge on any atom is -0.320 e. The number of pyridine rings is 1. The zero-order valence-corrected chi connectivity index (χ0v) is 10.9. The molecule has 2 N–H and O–H groups in total. The third kappa shape index (κ3) is 2.35. The van der Waals surface area contributed by atoms with Crippen molar-refractivity contribution in [2.24, 2.45) is 5.73 Å². The highest BCUT2D eigenvalue weighted by atomic mass is 14.7. The van der Waals surface area contributed by atoms with Gasteiger partial charge in [0.15, 0.2) is 0 Å². The topological polar surface area (TPSA) is 38.9 Å². The third-order valence-electron chi connectivity index (χ3n) is 3.39. The van der Waals surface area contributed by atoms with Gasteiger partial charge in [-0.1, -0.05) is 42.0 Å². The molecule has 0 saturated heterocycles. The normalized spacial score (nSPS) is 12.5. The van der Waals surface area contributed by atoms with Crippen LogP contribution in [-0.2, 0) is 0 Å². The van der Waals surface area contributed by atoms with Crippen LogP contribution in [-0.4, -0.2) is 4.98 Å². The van der Waals surface area contributed by atoms with Crippen LogP contribution in [0.25, 0.3) is 10.9 Å². The first-order chi connectivity index (χ1) is 9.24. The van der Waals surface area contributed by atoms with Gasteiger partial charge in [0, 0.05) is 11.6 Å². The second-order valence-electron chi connectivity index (χ2n) is 4.85. The summed E-state index contributed by atoms with van der Waals surface area (Å²) in [6.07, 6.45) is 1.81. The minimum atomic E-state index is -0.0930. The highest BCUT2D eigenvalue weighted by Crippen LogP contribution is 2.23. The van der Waals surface area contributed by atoms with Gasteiger partial charge in [-0.05, 0) is 36.2 Å². The van der Waals surface area contributed by atoms with Crippen LogP contribution in [0, 0.1) is 6.92 Å². The van der Waals surface area contributed by atoms with E-state index in [4.69, 9.17) is 5.73 Å². The van der Waals surface area contributed by atoms with Gasteiger partial charge in [0.2, 0.25) is 0 Å². The number of hydrogen-bond acceptors (Lipinski definition) is 2. The molecule has 2 aromatic carbocycles. The molecule has 0 amide bonds. The number of nitrogens with zero attached hydrogens (tertiary/aromatic N) is 1. The summed E-state index contributed by atoms with van der Waals surface area (Å²) in [5.41, 5.74) is 10.8. The van der Waals surface area contributed by atoms with Crippen LogP contribution in [0.3, 0.4) is 0 Å². The highest BCUT2D eigenvalue weighted by Gasteiger charge is 2.09. The van der Waals surface area contributed by atoms with Gasteiger partial charge in [0.25, 0.3) is 0 Å². The molecular formula is C17H16N2. The van der Waals surface area contributed by atoms with E-state index in [-0.39, 0.29) is 6.04 Å². The Balaban J connectivity index is 2.04. The lowest BCUT2D eigenvalue weighted by molar-refractivity contribution is 0.871. The smallest absolute Gasteiger partial charge is 0.0702 e. The van der Waals surface area contributed by atoms with Crippen molar-refractivity contribution < 1.29 is 0 Å². The van der Waals surface area contributed by atoms with Crippen molar-refractivity contribution in [2.75, 3.05) is 0 Å². The molecule has 1 heterocycles. The molecule has 0 aliphatic rings. The summed E-state index contributed by atoms with van der Waals surface area (Å²) < 4.78 is 0. The minimum absolute atomic E-state index is 0.0930. The van der Waals surface area contributed by atoms with Crippen LogP contribution < -0.4 is 5.73 Å². The van der Waals surface area contributed by atoms with Crippen molar-refractivity contribution >= 4 is 10.9 Å². The Morgan fingerprint density at radius 3 is 2.63 bits per heavy atom. The van der Waals surface area contributed by atoms with E-state index in [2.05, 4.69) is 48.3 Å². The van der Waals surface area contributed by atoms with Crippen LogP contribution in [0.5, 0.6) is 0 Å². The molecule has 3 rings (SSSR count). The summed E-state index contributed by atoms with van der Waals surface area (Å²) in [7, 11) is 0. The molecule has 2 nitrogen and oxygen atoms in total. The fraction of sp³-hybridized carbons (Fsp3) is 0.118. The van der Waals surface area contributed by atoms with Crippen molar-refractivity contribution in [1.29, 1.82) is 0 Å². The molecule has 94 valence electrons. The Morgan fingerprint density at radius 2 is 1.79 bits per heavy atom. The summed E-state index contributed by atoms with van der Waals surface area (Å²) in [6, 6.07) is 18.5. The number of hydrogen-bond donors (Lipinski definition) is 1. The SMILES string of the molecule is Cc1cccc(C(N)c2ccc3ncccc3c2)c1. The van der Waals surface area contributed by atoms with Gasteiger partial charge in [0.05, 0.1) is 11.6 Å². The molecule has 0 fully saturated rings. The largest absolute Gasteiger partial charge is 0.320 e. The Hall–Kier alpha value is -2.19. The summed E-state index contributed by atoms with van der Waals surface area (Å²) in [4.78, 5) is 4.33. The second kappa shape index (κ2) is 4.82. The van der Waals surface area contributed by atoms with E-state index in [1.165, 1.54) is 5.56 Å². The first-order valence-corrected chi connectivity index (χ1v) is 6.41. The van der Waals surface area contributed by atoms with Gasteiger partial charge >= 0.3 is 0 Å². The molecule has 1 unspecified atom stereocenters. The second-order valence-corrected chi connectivity index (χ2v) is 4.85. The quantitative estimate of drug-likeness (QED) is 0.752. The van der Waals surface area contributed by atoms with E-state index in [0.29, 0.717) is 0 Å². The van der Waals surface area contributed by atoms with E-state index < -0.39 is 0 Å². The standard InChI is InChI=1S/C17H16N2/c1-12-4-2-5-14(10-12)17(18)15-7-8-16-13(11-15)6-3-9-19-16/h2-11,17H,18H2,1H3. The van der Waals surface area contributed by atoms with Crippen LogP contribution in [0.2, 0.25) is 0 Å². The van der Waals surface area contributed by atoms with Gasteiger partial charge in [-0.15, -0.1) is 0 Å². The van der Waals surface area contributed by atoms with Gasteiger partial charge < -0.3 is 5.73 Å². The van der Waals surface area contributed by atoms with E-state index in [0.717, 1.165) is 22.0 Å². The van der Waals surface area contributed by atoms with Gasteiger partial charge in [-0.3, -0.25) is 4.98 Å². The average molecular weight is 248 g/mol. The predicted molar refractivity (Wildman–Crippen MR) is 79.0 cm³/mol. The van der Waals surface area contributed by atoms with Gasteiger partial charge in [-0.25, -0.2) is 0 Å². The first-order valence-electron chi connectivity index (χ1n) is 6.41. The Morgan fingerprint density at radius 1 is 0.947 bits per heavy atom. The zero-order valence-electron chi connectivity index (χ0n) is 10.9. The highest BCUT2D eigenvalue weighted by molar-refractivity contribution is 5.79. The molecular weight excluding hydrogens is 232 g/mol. The lowest BCUT2D eigenvalue weighted by Gasteiger charge is -2.14. The van der Waals surface area contributed by atoms with Crippen molar-refractivity contribution in [3.8, 4) is 0 Å². The van der Waals surface area contributed by atoms with Crippen molar-refractivity contribution in [2.45, 2.75) is 13.0 Å². The average Bonchev–Trinajstić information content (AvgIpc) is 2.46. The lowest BCUT2D eigenvalue weighted by Crippen LogP contribution is -2.11. The molecule has 0 aliphatic carbocycles. The number of benzene rings is 2. The summed E-state index contributed by atoms with van der Waals surface area (Å²) in [5, 5.41) is 1.13. The van der Waals surface area contributed by atoms with Gasteiger partial charge in [-0.2, -0.15) is 0 Å². The Kier molecular flexibility index (Phi) is 3.02. The van der Waals surface area contributed by atoms with Crippen molar-refractivity contribution in [1.82, 2.24) is 4.98 Å². The Bertz CT molecular complexity index is 719. The molecule has 2 heteroatoms. The molecule has 19 heavy (non-hydrogen) atoms. The molecule has 1 atom stereocenters. The summed E-state index contributed by atoms with van der Waals surface area (Å²) in [5.74, 6) is 0. The fourth-order valence-electron chi connectivity index (χ4n) is 2.34. The van der Waals surface area contributed by atoms with Crippen LogP contribution in [0.1, 0.15) is 22.7 Å². The van der Waals surface area contributed by atoms with Crippen LogP contribution in [0.4, 0.5) is 0 Å². The molecule has 0 aliphatic heterocycles. The number of aryl methyl sites for hydroxylation is 1. The first kappa shape index (κ1) is 11.9. The van der Waals surface area contributed by atoms with Gasteiger partial charge in [0.1, 0.15) is 0 Å². The number of fused-ring (bicyclic) bond motifs is 1. The van der Waals surface area contributed by atoms with E-state index in [1.54, 1.807) is 0 Å². The molecule has 3 aromatic rings. The monoisotopic (exact) mass is 248 g/mol. The maximum Gasteiger partial charge on any atom is 0.0702 e. The van der Waals surface area contributed by atoms with Crippen LogP contribution >= 0.6 is 0 Å². The van der Waals surface area contributed by atoms with E-state index in [1.807, 2.05) is 24.4 Å². The fourth-order valence-corrected chi connectivity index (χ4v) is 2.34. The van der Waals surface area contributed by atoms with Crippen molar-refractivity contribution in [3.63, 3.8) is 0 Å². The molecule has 0 radical (unpaired) electrons. The lowest BCUT2D eigenvalue weighted by atomic mass is 9.97. The Labute approximate surface area is 112 Å². The van der Waals surface area contributed by atoms with Crippen molar-refractivity contribution in [3.05, 3.63) is 77.5 Å². The molecule has 0 saturated carbocycles. The third-order valence-corrected chi connectivity index (χ3v) is 3.39. The summed E-state index contributed by atoms with van der Waals surface area (Å²) in [6.45, 7) is 2.08. The van der Waals surface area contributed by atoms with Crippen LogP contribution in [0.15, 0.2) is 60.8 Å². The zero-order chi connectivity index (χ0) is 13.2. The number of nitrogens with two attached hydrogens (primary N) is 1. The maximum atomic E-state index is 6.36. The maximum absolute atomic E-state index is 6.36. The molecule has 1 aromatic heterocycles. The molecule has 0 bridgehead atoms. The molecule has 0 spiro atoms. The number of aromatic nitrogens is 1. The predicted octanol–water partition coefficient (Wildman–Crippen LogP) is 3.59. The van der Waals surface area contributed by atoms with E-state index in [9.17, 15) is 0 Å². The van der Waals surface area contributed by atoms with E-state index >= 15 is 0 Å². The summed E-state index contributed by atoms with van der Waals surface area (Å²) >= 11 is 0.